The van der Waals surface area contributed by atoms with E-state index in [0.29, 0.717) is 23.1 Å². The number of fused-ring (bicyclic) bond motifs is 1. The van der Waals surface area contributed by atoms with E-state index in [-0.39, 0.29) is 16.2 Å². The molecule has 0 fully saturated rings. The Kier molecular flexibility index (Phi) is 4.94. The molecule has 0 aliphatic carbocycles. The molecule has 0 bridgehead atoms. The third-order valence-corrected chi connectivity index (χ3v) is 5.00. The van der Waals surface area contributed by atoms with Crippen molar-refractivity contribution in [1.29, 1.82) is 0 Å². The Balaban J connectivity index is 1.82. The molecular weight excluding hydrogens is 397 g/mol. The molecule has 4 rings (SSSR count). The van der Waals surface area contributed by atoms with E-state index in [0.717, 1.165) is 0 Å². The lowest BCUT2D eigenvalue weighted by Crippen LogP contribution is -2.32. The van der Waals surface area contributed by atoms with E-state index in [1.165, 1.54) is 30.3 Å². The van der Waals surface area contributed by atoms with Crippen LogP contribution in [0, 0.1) is 5.82 Å². The number of hydrogen-bond donors (Lipinski definition) is 2. The maximum atomic E-state index is 14.8. The molecule has 1 aromatic heterocycles. The quantitative estimate of drug-likeness (QED) is 0.675. The van der Waals surface area contributed by atoms with Crippen LogP contribution in [0.15, 0.2) is 60.1 Å². The highest BCUT2D eigenvalue weighted by atomic mass is 35.5. The second-order valence-corrected chi connectivity index (χ2v) is 6.79. The van der Waals surface area contributed by atoms with Crippen LogP contribution in [0.1, 0.15) is 18.5 Å². The predicted octanol–water partition coefficient (Wildman–Crippen LogP) is 4.01. The topological polar surface area (TPSA) is 81.1 Å². The van der Waals surface area contributed by atoms with Crippen molar-refractivity contribution in [2.75, 3.05) is 17.7 Å². The Labute approximate surface area is 171 Å². The summed E-state index contributed by atoms with van der Waals surface area (Å²) in [5.74, 6) is -0.0864. The fourth-order valence-electron chi connectivity index (χ4n) is 3.36. The molecule has 1 unspecified atom stereocenters. The van der Waals surface area contributed by atoms with E-state index in [1.54, 1.807) is 37.3 Å². The number of halogens is 2. The first-order chi connectivity index (χ1) is 14.0. The smallest absolute Gasteiger partial charge is 0.255 e. The van der Waals surface area contributed by atoms with E-state index in [4.69, 9.17) is 16.3 Å². The zero-order valence-corrected chi connectivity index (χ0v) is 16.4. The summed E-state index contributed by atoms with van der Waals surface area (Å²) in [6, 6.07) is 10.5. The van der Waals surface area contributed by atoms with Gasteiger partial charge >= 0.3 is 0 Å². The molecular formula is C20H17ClFN5O2. The number of rotatable bonds is 4. The van der Waals surface area contributed by atoms with Gasteiger partial charge in [-0.05, 0) is 31.2 Å². The number of aromatic nitrogens is 3. The highest BCUT2D eigenvalue weighted by Crippen LogP contribution is 2.39. The Hall–Kier alpha value is -3.39. The van der Waals surface area contributed by atoms with Crippen LogP contribution in [0.4, 0.5) is 16.0 Å². The molecule has 1 aliphatic rings. The first-order valence-electron chi connectivity index (χ1n) is 8.76. The van der Waals surface area contributed by atoms with E-state index in [2.05, 4.69) is 20.7 Å². The minimum absolute atomic E-state index is 0.145. The van der Waals surface area contributed by atoms with Gasteiger partial charge in [-0.15, -0.1) is 0 Å². The molecule has 29 heavy (non-hydrogen) atoms. The number of amides is 1. The highest BCUT2D eigenvalue weighted by Gasteiger charge is 2.36. The summed E-state index contributed by atoms with van der Waals surface area (Å²) >= 11 is 6.33. The number of carbonyl (C=O) groups excluding carboxylic acids is 1. The van der Waals surface area contributed by atoms with E-state index >= 15 is 0 Å². The zero-order chi connectivity index (χ0) is 20.5. The van der Waals surface area contributed by atoms with Crippen molar-refractivity contribution in [3.63, 3.8) is 0 Å². The molecule has 0 spiro atoms. The van der Waals surface area contributed by atoms with E-state index in [1.807, 2.05) is 0 Å². The molecule has 2 heterocycles. The zero-order valence-electron chi connectivity index (χ0n) is 15.6. The van der Waals surface area contributed by atoms with Gasteiger partial charge in [-0.2, -0.15) is 10.1 Å². The van der Waals surface area contributed by atoms with Gasteiger partial charge in [0.05, 0.1) is 18.4 Å². The maximum Gasteiger partial charge on any atom is 0.255 e. The lowest BCUT2D eigenvalue weighted by molar-refractivity contribution is -0.113. The predicted molar refractivity (Wildman–Crippen MR) is 108 cm³/mol. The van der Waals surface area contributed by atoms with Crippen molar-refractivity contribution in [3.8, 4) is 5.75 Å². The third kappa shape index (κ3) is 3.31. The molecule has 7 nitrogen and oxygen atoms in total. The van der Waals surface area contributed by atoms with Crippen LogP contribution < -0.4 is 15.4 Å². The van der Waals surface area contributed by atoms with Crippen LogP contribution in [0.25, 0.3) is 0 Å². The van der Waals surface area contributed by atoms with Crippen molar-refractivity contribution in [3.05, 3.63) is 76.5 Å². The molecule has 148 valence electrons. The van der Waals surface area contributed by atoms with Gasteiger partial charge in [-0.3, -0.25) is 4.79 Å². The number of benzene rings is 2. The molecule has 0 saturated heterocycles. The highest BCUT2D eigenvalue weighted by molar-refractivity contribution is 6.31. The molecule has 2 aromatic carbocycles. The molecule has 0 saturated carbocycles. The van der Waals surface area contributed by atoms with E-state index < -0.39 is 17.8 Å². The number of anilines is 2. The molecule has 1 aliphatic heterocycles. The van der Waals surface area contributed by atoms with Crippen molar-refractivity contribution in [1.82, 2.24) is 14.8 Å². The number of ether oxygens (including phenoxy) is 1. The van der Waals surface area contributed by atoms with Gasteiger partial charge in [0.15, 0.2) is 0 Å². The van der Waals surface area contributed by atoms with Gasteiger partial charge < -0.3 is 15.4 Å². The van der Waals surface area contributed by atoms with Crippen LogP contribution in [-0.4, -0.2) is 27.8 Å². The van der Waals surface area contributed by atoms with Gasteiger partial charge in [0.2, 0.25) is 5.95 Å². The Bertz CT molecular complexity index is 1110. The molecule has 9 heteroatoms. The van der Waals surface area contributed by atoms with Gasteiger partial charge in [-0.25, -0.2) is 9.07 Å². The maximum absolute atomic E-state index is 14.8. The minimum atomic E-state index is -0.892. The van der Waals surface area contributed by atoms with Gasteiger partial charge in [0, 0.05) is 16.3 Å². The molecule has 0 radical (unpaired) electrons. The summed E-state index contributed by atoms with van der Waals surface area (Å²) in [6.45, 7) is 1.72. The SMILES string of the molecule is COc1ccccc1NC(=O)C1=C(C)Nc2ncnn2C1c1c(F)cccc1Cl. The number of nitrogens with one attached hydrogen (secondary N) is 2. The monoisotopic (exact) mass is 413 g/mol. The summed E-state index contributed by atoms with van der Waals surface area (Å²) in [4.78, 5) is 17.4. The van der Waals surface area contributed by atoms with Crippen LogP contribution in [0.2, 0.25) is 5.02 Å². The number of carbonyl (C=O) groups is 1. The average Bonchev–Trinajstić information content (AvgIpc) is 3.16. The lowest BCUT2D eigenvalue weighted by atomic mass is 9.94. The van der Waals surface area contributed by atoms with Crippen molar-refractivity contribution in [2.24, 2.45) is 0 Å². The molecule has 1 atom stereocenters. The minimum Gasteiger partial charge on any atom is -0.495 e. The van der Waals surface area contributed by atoms with Crippen molar-refractivity contribution >= 4 is 29.1 Å². The van der Waals surface area contributed by atoms with Crippen molar-refractivity contribution < 1.29 is 13.9 Å². The lowest BCUT2D eigenvalue weighted by Gasteiger charge is -2.29. The molecule has 2 N–H and O–H groups in total. The summed E-state index contributed by atoms with van der Waals surface area (Å²) in [6.07, 6.45) is 1.33. The van der Waals surface area contributed by atoms with Crippen molar-refractivity contribution in [2.45, 2.75) is 13.0 Å². The average molecular weight is 414 g/mol. The fourth-order valence-corrected chi connectivity index (χ4v) is 3.63. The summed E-state index contributed by atoms with van der Waals surface area (Å²) < 4.78 is 21.5. The largest absolute Gasteiger partial charge is 0.495 e. The number of para-hydroxylation sites is 2. The number of hydrogen-bond acceptors (Lipinski definition) is 5. The molecule has 3 aromatic rings. The van der Waals surface area contributed by atoms with Crippen LogP contribution in [-0.2, 0) is 4.79 Å². The third-order valence-electron chi connectivity index (χ3n) is 4.67. The Morgan fingerprint density at radius 1 is 1.28 bits per heavy atom. The standard InChI is InChI=1S/C20H17ClFN5O2/c1-11-16(19(28)26-14-8-3-4-9-15(14)29-2)18(27-20(25-11)23-10-24-27)17-12(21)6-5-7-13(17)22/h3-10,18H,1-2H3,(H,26,28)(H,23,24,25). The Morgan fingerprint density at radius 3 is 2.83 bits per heavy atom. The van der Waals surface area contributed by atoms with E-state index in [9.17, 15) is 9.18 Å². The van der Waals surface area contributed by atoms with Gasteiger partial charge in [0.25, 0.3) is 5.91 Å². The first-order valence-corrected chi connectivity index (χ1v) is 9.14. The summed E-state index contributed by atoms with van der Waals surface area (Å²) in [7, 11) is 1.52. The number of methoxy groups -OCH3 is 1. The summed E-state index contributed by atoms with van der Waals surface area (Å²) in [5, 5.41) is 10.2. The Morgan fingerprint density at radius 2 is 2.07 bits per heavy atom. The number of allylic oxidation sites excluding steroid dienone is 1. The van der Waals surface area contributed by atoms with Crippen LogP contribution >= 0.6 is 11.6 Å². The van der Waals surface area contributed by atoms with Gasteiger partial charge in [-0.1, -0.05) is 29.8 Å². The normalized spacial score (nSPS) is 15.5. The number of nitrogens with zero attached hydrogens (tertiary/aromatic N) is 3. The molecule has 1 amide bonds. The second-order valence-electron chi connectivity index (χ2n) is 6.38. The van der Waals surface area contributed by atoms with Crippen LogP contribution in [0.5, 0.6) is 5.75 Å². The second kappa shape index (κ2) is 7.56. The van der Waals surface area contributed by atoms with Gasteiger partial charge in [0.1, 0.15) is 23.9 Å². The first kappa shape index (κ1) is 18.9. The summed E-state index contributed by atoms with van der Waals surface area (Å²) in [5.41, 5.74) is 1.41. The fraction of sp³-hybridized carbons (Fsp3) is 0.150. The van der Waals surface area contributed by atoms with Crippen LogP contribution in [0.3, 0.4) is 0 Å².